The van der Waals surface area contributed by atoms with E-state index in [0.29, 0.717) is 6.42 Å². The molecular formula is C18H17FNO3S+. The topological polar surface area (TPSA) is 51.5 Å². The predicted molar refractivity (Wildman–Crippen MR) is 93.3 cm³/mol. The van der Waals surface area contributed by atoms with Gasteiger partial charge in [0.2, 0.25) is 0 Å². The smallest absolute Gasteiger partial charge is 0.303 e. The highest BCUT2D eigenvalue weighted by Crippen LogP contribution is 2.28. The third-order valence-corrected chi connectivity index (χ3v) is 4.77. The average Bonchev–Trinajstić information content (AvgIpc) is 2.90. The number of fused-ring (bicyclic) bond motifs is 1. The van der Waals surface area contributed by atoms with E-state index >= 15 is 0 Å². The maximum Gasteiger partial charge on any atom is 0.303 e. The first-order valence-electron chi connectivity index (χ1n) is 7.44. The molecule has 0 fully saturated rings. The van der Waals surface area contributed by atoms with Gasteiger partial charge < -0.3 is 9.84 Å². The number of aliphatic carboxylic acids is 1. The Morgan fingerprint density at radius 3 is 2.83 bits per heavy atom. The fourth-order valence-corrected chi connectivity index (χ4v) is 3.63. The number of aromatic nitrogens is 1. The number of rotatable bonds is 6. The molecule has 0 atom stereocenters. The second-order valence-electron chi connectivity index (χ2n) is 5.36. The first-order chi connectivity index (χ1) is 11.6. The Labute approximate surface area is 143 Å². The standard InChI is InChI=1S/C18H16FNO3S/c1-23-14-6-7-17-16(10-14)12(5-8-18(21)22)11-20(17)24-15-4-2-3-13(19)9-15/h2-4,6-7,9-11H,5,8H2,1H3,(H,21,22)/p+1. The van der Waals surface area contributed by atoms with Crippen LogP contribution in [0, 0.1) is 5.82 Å². The summed E-state index contributed by atoms with van der Waals surface area (Å²) in [6, 6.07) is 12.1. The van der Waals surface area contributed by atoms with Gasteiger partial charge in [-0.05, 0) is 42.3 Å². The van der Waals surface area contributed by atoms with Crippen LogP contribution in [0.5, 0.6) is 5.75 Å². The molecule has 0 aliphatic heterocycles. The molecule has 3 aromatic rings. The van der Waals surface area contributed by atoms with Gasteiger partial charge in [-0.15, -0.1) is 0 Å². The molecule has 3 rings (SSSR count). The third-order valence-electron chi connectivity index (χ3n) is 3.71. The van der Waals surface area contributed by atoms with Gasteiger partial charge in [-0.25, -0.2) is 4.39 Å². The summed E-state index contributed by atoms with van der Waals surface area (Å²) < 4.78 is 20.7. The van der Waals surface area contributed by atoms with E-state index in [1.807, 2.05) is 34.4 Å². The average molecular weight is 346 g/mol. The second-order valence-corrected chi connectivity index (χ2v) is 6.50. The van der Waals surface area contributed by atoms with Gasteiger partial charge in [0.15, 0.2) is 4.90 Å². The van der Waals surface area contributed by atoms with Crippen LogP contribution < -0.4 is 4.74 Å². The van der Waals surface area contributed by atoms with Crippen LogP contribution in [0.4, 0.5) is 4.39 Å². The van der Waals surface area contributed by atoms with Crippen molar-refractivity contribution in [3.8, 4) is 5.75 Å². The van der Waals surface area contributed by atoms with E-state index in [9.17, 15) is 9.18 Å². The molecule has 0 saturated heterocycles. The quantitative estimate of drug-likeness (QED) is 0.549. The minimum Gasteiger partial charge on any atom is -0.497 e. The van der Waals surface area contributed by atoms with E-state index in [1.165, 1.54) is 12.1 Å². The lowest BCUT2D eigenvalue weighted by molar-refractivity contribution is -0.136. The SMILES string of the molecule is COc1ccc2c(c1)c(CCC(=O)O)cn2[SH+]c1cccc(F)c1. The number of ether oxygens (including phenoxy) is 1. The molecule has 1 aromatic heterocycles. The molecule has 0 aliphatic carbocycles. The Kier molecular flexibility index (Phi) is 4.76. The van der Waals surface area contributed by atoms with Gasteiger partial charge in [0, 0.05) is 17.9 Å². The van der Waals surface area contributed by atoms with Crippen molar-refractivity contribution in [3.63, 3.8) is 0 Å². The van der Waals surface area contributed by atoms with Crippen LogP contribution in [0.1, 0.15) is 12.0 Å². The second kappa shape index (κ2) is 6.97. The number of carboxylic acid groups (broad SMARTS) is 1. The van der Waals surface area contributed by atoms with E-state index in [0.717, 1.165) is 39.1 Å². The van der Waals surface area contributed by atoms with E-state index in [4.69, 9.17) is 9.84 Å². The predicted octanol–water partition coefficient (Wildman–Crippen LogP) is 3.44. The Hall–Kier alpha value is -2.47. The molecule has 0 bridgehead atoms. The molecule has 0 amide bonds. The maximum atomic E-state index is 13.4. The monoisotopic (exact) mass is 346 g/mol. The summed E-state index contributed by atoms with van der Waals surface area (Å²) in [7, 11) is 1.60. The van der Waals surface area contributed by atoms with Crippen LogP contribution in [0.2, 0.25) is 0 Å². The van der Waals surface area contributed by atoms with Crippen molar-refractivity contribution in [2.75, 3.05) is 7.11 Å². The summed E-state index contributed by atoms with van der Waals surface area (Å²) in [6.07, 6.45) is 2.43. The number of carbonyl (C=O) groups is 1. The lowest BCUT2D eigenvalue weighted by atomic mass is 10.1. The molecule has 0 unspecified atom stereocenters. The summed E-state index contributed by atoms with van der Waals surface area (Å²) in [4.78, 5) is 11.7. The van der Waals surface area contributed by atoms with E-state index in [1.54, 1.807) is 13.2 Å². The Balaban J connectivity index is 2.02. The number of thiol groups is 1. The van der Waals surface area contributed by atoms with Crippen molar-refractivity contribution in [2.24, 2.45) is 0 Å². The Morgan fingerprint density at radius 2 is 2.12 bits per heavy atom. The zero-order valence-corrected chi connectivity index (χ0v) is 14.0. The van der Waals surface area contributed by atoms with Gasteiger partial charge in [-0.3, -0.25) is 4.79 Å². The molecule has 24 heavy (non-hydrogen) atoms. The van der Waals surface area contributed by atoms with E-state index < -0.39 is 5.97 Å². The van der Waals surface area contributed by atoms with Crippen molar-refractivity contribution in [2.45, 2.75) is 17.7 Å². The number of halogens is 1. The van der Waals surface area contributed by atoms with Gasteiger partial charge in [0.05, 0.1) is 18.8 Å². The largest absolute Gasteiger partial charge is 0.497 e. The van der Waals surface area contributed by atoms with Gasteiger partial charge in [-0.1, -0.05) is 6.07 Å². The van der Waals surface area contributed by atoms with Crippen molar-refractivity contribution >= 4 is 28.8 Å². The summed E-state index contributed by atoms with van der Waals surface area (Å²) in [5, 5.41) is 9.90. The van der Waals surface area contributed by atoms with E-state index in [-0.39, 0.29) is 12.2 Å². The molecule has 4 nitrogen and oxygen atoms in total. The minimum absolute atomic E-state index is 0.0627. The highest BCUT2D eigenvalue weighted by molar-refractivity contribution is 7.77. The maximum absolute atomic E-state index is 13.4. The first kappa shape index (κ1) is 16.4. The number of hydrogen-bond donors (Lipinski definition) is 1. The highest BCUT2D eigenvalue weighted by atomic mass is 32.2. The van der Waals surface area contributed by atoms with Crippen LogP contribution in [-0.2, 0) is 23.2 Å². The van der Waals surface area contributed by atoms with Gasteiger partial charge in [0.1, 0.15) is 23.5 Å². The highest BCUT2D eigenvalue weighted by Gasteiger charge is 2.16. The zero-order valence-electron chi connectivity index (χ0n) is 13.1. The van der Waals surface area contributed by atoms with Gasteiger partial charge >= 0.3 is 5.97 Å². The summed E-state index contributed by atoms with van der Waals surface area (Å²) >= 11 is 0.810. The third kappa shape index (κ3) is 3.54. The van der Waals surface area contributed by atoms with Gasteiger partial charge in [0.25, 0.3) is 0 Å². The number of methoxy groups -OCH3 is 1. The normalized spacial score (nSPS) is 10.9. The van der Waals surface area contributed by atoms with Crippen LogP contribution in [0.3, 0.4) is 0 Å². The van der Waals surface area contributed by atoms with Crippen LogP contribution in [-0.4, -0.2) is 22.2 Å². The Bertz CT molecular complexity index is 891. The summed E-state index contributed by atoms with van der Waals surface area (Å²) in [5.41, 5.74) is 1.90. The van der Waals surface area contributed by atoms with Crippen LogP contribution >= 0.6 is 0 Å². The van der Waals surface area contributed by atoms with Crippen molar-refractivity contribution in [1.29, 1.82) is 0 Å². The lowest BCUT2D eigenvalue weighted by Gasteiger charge is -2.01. The van der Waals surface area contributed by atoms with Crippen molar-refractivity contribution < 1.29 is 19.0 Å². The molecule has 0 saturated carbocycles. The minimum atomic E-state index is -0.832. The number of aryl methyl sites for hydroxylation is 1. The molecule has 1 heterocycles. The van der Waals surface area contributed by atoms with Gasteiger partial charge in [-0.2, -0.15) is 3.97 Å². The first-order valence-corrected chi connectivity index (χ1v) is 8.29. The molecule has 124 valence electrons. The molecule has 2 aromatic carbocycles. The zero-order chi connectivity index (χ0) is 17.1. The number of carboxylic acids is 1. The summed E-state index contributed by atoms with van der Waals surface area (Å²) in [5.74, 6) is -0.384. The number of benzene rings is 2. The molecule has 0 spiro atoms. The fourth-order valence-electron chi connectivity index (χ4n) is 2.57. The molecule has 0 radical (unpaired) electrons. The number of hydrogen-bond acceptors (Lipinski definition) is 2. The van der Waals surface area contributed by atoms with Crippen LogP contribution in [0.15, 0.2) is 53.6 Å². The Morgan fingerprint density at radius 1 is 1.29 bits per heavy atom. The molecule has 0 aliphatic rings. The summed E-state index contributed by atoms with van der Waals surface area (Å²) in [6.45, 7) is 0. The van der Waals surface area contributed by atoms with E-state index in [2.05, 4.69) is 0 Å². The molecular weight excluding hydrogens is 329 g/mol. The van der Waals surface area contributed by atoms with Crippen molar-refractivity contribution in [3.05, 3.63) is 60.0 Å². The fraction of sp³-hybridized carbons (Fsp3) is 0.167. The molecule has 6 heteroatoms. The van der Waals surface area contributed by atoms with Crippen molar-refractivity contribution in [1.82, 2.24) is 3.97 Å². The van der Waals surface area contributed by atoms with Crippen LogP contribution in [0.25, 0.3) is 10.9 Å². The lowest BCUT2D eigenvalue weighted by Crippen LogP contribution is -1.98. The number of nitrogens with zero attached hydrogens (tertiary/aromatic N) is 1. The molecule has 1 N–H and O–H groups in total.